The van der Waals surface area contributed by atoms with Crippen LogP contribution in [0.25, 0.3) is 0 Å². The molecule has 6 nitrogen and oxygen atoms in total. The van der Waals surface area contributed by atoms with Crippen molar-refractivity contribution in [1.82, 2.24) is 0 Å². The van der Waals surface area contributed by atoms with Crippen LogP contribution < -0.4 is 0 Å². The van der Waals surface area contributed by atoms with Crippen LogP contribution in [0.3, 0.4) is 0 Å². The molecule has 0 radical (unpaired) electrons. The van der Waals surface area contributed by atoms with Crippen LogP contribution in [0.5, 0.6) is 23.0 Å². The van der Waals surface area contributed by atoms with Crippen molar-refractivity contribution in [3.63, 3.8) is 0 Å². The Morgan fingerprint density at radius 3 is 1.50 bits per heavy atom. The Kier molecular flexibility index (Phi) is 6.88. The molecule has 0 fully saturated rings. The van der Waals surface area contributed by atoms with Crippen LogP contribution >= 0.6 is 0 Å². The molecule has 32 heavy (non-hydrogen) atoms. The monoisotopic (exact) mass is 428 g/mol. The first-order valence-electron chi connectivity index (χ1n) is 9.61. The molecule has 4 aromatic carbocycles. The largest absolute Gasteiger partial charge is 0.508 e. The van der Waals surface area contributed by atoms with E-state index in [2.05, 4.69) is 0 Å². The lowest BCUT2D eigenvalue weighted by molar-refractivity contribution is 0.102. The summed E-state index contributed by atoms with van der Waals surface area (Å²) in [5.74, 6) is -2.05. The average Bonchev–Trinajstić information content (AvgIpc) is 2.81. The Labute approximate surface area is 184 Å². The van der Waals surface area contributed by atoms with E-state index in [1.54, 1.807) is 0 Å². The molecule has 4 N–H and O–H groups in total. The minimum absolute atomic E-state index is 0.0752. The number of phenolic OH excluding ortho intramolecular Hbond substituents is 4. The normalized spacial score (nSPS) is 10.0. The van der Waals surface area contributed by atoms with Gasteiger partial charge in [0.05, 0.1) is 5.56 Å². The van der Waals surface area contributed by atoms with E-state index in [1.807, 2.05) is 60.7 Å². The quantitative estimate of drug-likeness (QED) is 0.278. The minimum Gasteiger partial charge on any atom is -0.508 e. The number of aromatic hydroxyl groups is 4. The lowest BCUT2D eigenvalue weighted by Gasteiger charge is -2.08. The SMILES string of the molecule is O=C(c1cc(O)ccc1O)c1c(O)cccc1O.O=C(c1ccccc1)c1ccccc1. The fourth-order valence-corrected chi connectivity index (χ4v) is 2.95. The molecule has 0 aromatic heterocycles. The summed E-state index contributed by atoms with van der Waals surface area (Å²) < 4.78 is 0. The molecule has 0 aliphatic carbocycles. The van der Waals surface area contributed by atoms with Crippen LogP contribution in [0.2, 0.25) is 0 Å². The van der Waals surface area contributed by atoms with Gasteiger partial charge in [0.15, 0.2) is 5.78 Å². The number of rotatable bonds is 4. The van der Waals surface area contributed by atoms with Gasteiger partial charge in [0, 0.05) is 11.1 Å². The third-order valence-electron chi connectivity index (χ3n) is 4.54. The Hall–Kier alpha value is -4.58. The van der Waals surface area contributed by atoms with E-state index in [0.29, 0.717) is 0 Å². The molecule has 0 unspecified atom stereocenters. The first-order chi connectivity index (χ1) is 15.4. The van der Waals surface area contributed by atoms with Crippen LogP contribution in [0.4, 0.5) is 0 Å². The number of carbonyl (C=O) groups excluding carboxylic acids is 2. The van der Waals surface area contributed by atoms with Crippen molar-refractivity contribution in [2.24, 2.45) is 0 Å². The number of ketones is 2. The van der Waals surface area contributed by atoms with E-state index in [4.69, 9.17) is 0 Å². The lowest BCUT2D eigenvalue weighted by Crippen LogP contribution is -2.02. The smallest absolute Gasteiger partial charge is 0.204 e. The average molecular weight is 428 g/mol. The zero-order valence-corrected chi connectivity index (χ0v) is 16.8. The molecule has 0 aliphatic rings. The van der Waals surface area contributed by atoms with Gasteiger partial charge >= 0.3 is 0 Å². The summed E-state index contributed by atoms with van der Waals surface area (Å²) in [5, 5.41) is 38.0. The molecule has 0 saturated heterocycles. The lowest BCUT2D eigenvalue weighted by atomic mass is 10.0. The first-order valence-corrected chi connectivity index (χ1v) is 9.61. The summed E-state index contributed by atoms with van der Waals surface area (Å²) in [4.78, 5) is 23.9. The summed E-state index contributed by atoms with van der Waals surface area (Å²) in [6.07, 6.45) is 0. The number of hydrogen-bond acceptors (Lipinski definition) is 6. The van der Waals surface area contributed by atoms with Crippen molar-refractivity contribution in [1.29, 1.82) is 0 Å². The predicted molar refractivity (Wildman–Crippen MR) is 119 cm³/mol. The van der Waals surface area contributed by atoms with E-state index in [1.165, 1.54) is 24.3 Å². The molecular formula is C26H20O6. The van der Waals surface area contributed by atoms with Gasteiger partial charge in [0.2, 0.25) is 5.78 Å². The van der Waals surface area contributed by atoms with Crippen molar-refractivity contribution in [2.45, 2.75) is 0 Å². The van der Waals surface area contributed by atoms with Crippen LogP contribution in [0, 0.1) is 0 Å². The molecule has 0 saturated carbocycles. The van der Waals surface area contributed by atoms with Gasteiger partial charge in [0.25, 0.3) is 0 Å². The van der Waals surface area contributed by atoms with Gasteiger partial charge in [-0.1, -0.05) is 66.7 Å². The summed E-state index contributed by atoms with van der Waals surface area (Å²) in [6.45, 7) is 0. The highest BCUT2D eigenvalue weighted by Crippen LogP contribution is 2.32. The molecule has 0 spiro atoms. The molecule has 4 aromatic rings. The van der Waals surface area contributed by atoms with Gasteiger partial charge in [-0.3, -0.25) is 9.59 Å². The maximum absolute atomic E-state index is 12.1. The van der Waals surface area contributed by atoms with E-state index in [9.17, 15) is 30.0 Å². The van der Waals surface area contributed by atoms with Crippen molar-refractivity contribution in [2.75, 3.05) is 0 Å². The van der Waals surface area contributed by atoms with Gasteiger partial charge in [-0.25, -0.2) is 0 Å². The zero-order valence-electron chi connectivity index (χ0n) is 16.8. The van der Waals surface area contributed by atoms with Gasteiger partial charge < -0.3 is 20.4 Å². The van der Waals surface area contributed by atoms with Gasteiger partial charge in [0.1, 0.15) is 28.6 Å². The first kappa shape index (κ1) is 22.1. The molecule has 0 bridgehead atoms. The molecule has 0 atom stereocenters. The van der Waals surface area contributed by atoms with Crippen molar-refractivity contribution < 1.29 is 30.0 Å². The predicted octanol–water partition coefficient (Wildman–Crippen LogP) is 4.66. The van der Waals surface area contributed by atoms with E-state index < -0.39 is 17.3 Å². The summed E-state index contributed by atoms with van der Waals surface area (Å²) in [6, 6.07) is 25.9. The second kappa shape index (κ2) is 9.95. The Morgan fingerprint density at radius 1 is 0.500 bits per heavy atom. The third kappa shape index (κ3) is 5.12. The highest BCUT2D eigenvalue weighted by atomic mass is 16.3. The molecule has 0 heterocycles. The van der Waals surface area contributed by atoms with Crippen LogP contribution in [0.1, 0.15) is 31.8 Å². The molecule has 6 heteroatoms. The van der Waals surface area contributed by atoms with E-state index >= 15 is 0 Å². The van der Waals surface area contributed by atoms with Gasteiger partial charge in [-0.05, 0) is 30.3 Å². The number of carbonyl (C=O) groups is 2. The van der Waals surface area contributed by atoms with Gasteiger partial charge in [-0.2, -0.15) is 0 Å². The second-order valence-electron chi connectivity index (χ2n) is 6.76. The minimum atomic E-state index is -0.779. The highest BCUT2D eigenvalue weighted by molar-refractivity contribution is 6.14. The van der Waals surface area contributed by atoms with Crippen LogP contribution in [-0.4, -0.2) is 32.0 Å². The summed E-state index contributed by atoms with van der Waals surface area (Å²) in [7, 11) is 0. The second-order valence-corrected chi connectivity index (χ2v) is 6.76. The van der Waals surface area contributed by atoms with Crippen molar-refractivity contribution in [3.05, 3.63) is 119 Å². The van der Waals surface area contributed by atoms with E-state index in [0.717, 1.165) is 23.3 Å². The number of benzene rings is 4. The number of phenols is 4. The van der Waals surface area contributed by atoms with Crippen LogP contribution in [-0.2, 0) is 0 Å². The fourth-order valence-electron chi connectivity index (χ4n) is 2.95. The van der Waals surface area contributed by atoms with Crippen LogP contribution in [0.15, 0.2) is 97.1 Å². The zero-order chi connectivity index (χ0) is 23.1. The van der Waals surface area contributed by atoms with Crippen molar-refractivity contribution in [3.8, 4) is 23.0 Å². The maximum atomic E-state index is 12.1. The van der Waals surface area contributed by atoms with Crippen molar-refractivity contribution >= 4 is 11.6 Å². The number of hydrogen-bond donors (Lipinski definition) is 4. The maximum Gasteiger partial charge on any atom is 0.204 e. The highest BCUT2D eigenvalue weighted by Gasteiger charge is 2.21. The van der Waals surface area contributed by atoms with Gasteiger partial charge in [-0.15, -0.1) is 0 Å². The Morgan fingerprint density at radius 2 is 1.00 bits per heavy atom. The Bertz CT molecular complexity index is 1170. The fraction of sp³-hybridized carbons (Fsp3) is 0. The summed E-state index contributed by atoms with van der Waals surface area (Å²) in [5.41, 5.74) is 0.947. The molecule has 160 valence electrons. The summed E-state index contributed by atoms with van der Waals surface area (Å²) >= 11 is 0. The topological polar surface area (TPSA) is 115 Å². The molecule has 4 rings (SSSR count). The molecule has 0 amide bonds. The third-order valence-corrected chi connectivity index (χ3v) is 4.54. The molecule has 0 aliphatic heterocycles. The molecular weight excluding hydrogens is 408 g/mol. The Balaban J connectivity index is 0.000000186. The standard InChI is InChI=1S/C13H10O5.C13H10O/c14-7-4-5-9(15)8(6-7)13(18)12-10(16)2-1-3-11(12)17;14-13(11-7-3-1-4-8-11)12-9-5-2-6-10-12/h1-6,14-17H;1-10H. The van der Waals surface area contributed by atoms with E-state index in [-0.39, 0.29) is 28.4 Å².